The van der Waals surface area contributed by atoms with E-state index >= 15 is 0 Å². The van der Waals surface area contributed by atoms with Crippen molar-refractivity contribution in [2.45, 2.75) is 25.3 Å². The van der Waals surface area contributed by atoms with Gasteiger partial charge in [0.05, 0.1) is 11.3 Å². The number of rotatable bonds is 3. The SMILES string of the molecule is O=C(Nc1ccc(O)cc1C(=O)O)NC1CCC1. The fourth-order valence-electron chi connectivity index (χ4n) is 1.71. The van der Waals surface area contributed by atoms with Gasteiger partial charge < -0.3 is 20.8 Å². The molecule has 0 atom stereocenters. The third-order valence-corrected chi connectivity index (χ3v) is 2.92. The average Bonchev–Trinajstić information content (AvgIpc) is 2.26. The van der Waals surface area contributed by atoms with Crippen LogP contribution in [0.2, 0.25) is 0 Å². The van der Waals surface area contributed by atoms with E-state index in [-0.39, 0.29) is 23.0 Å². The summed E-state index contributed by atoms with van der Waals surface area (Å²) in [7, 11) is 0. The van der Waals surface area contributed by atoms with E-state index in [1.807, 2.05) is 0 Å². The molecule has 96 valence electrons. The molecule has 2 rings (SSSR count). The van der Waals surface area contributed by atoms with E-state index in [9.17, 15) is 14.7 Å². The molecule has 0 aromatic heterocycles. The Balaban J connectivity index is 2.07. The van der Waals surface area contributed by atoms with Crippen molar-refractivity contribution in [3.8, 4) is 5.75 Å². The lowest BCUT2D eigenvalue weighted by Gasteiger charge is -2.26. The quantitative estimate of drug-likeness (QED) is 0.614. The highest BCUT2D eigenvalue weighted by Crippen LogP contribution is 2.22. The number of carbonyl (C=O) groups is 2. The predicted octanol–water partition coefficient (Wildman–Crippen LogP) is 1.76. The number of phenols is 1. The van der Waals surface area contributed by atoms with Crippen molar-refractivity contribution in [2.75, 3.05) is 5.32 Å². The van der Waals surface area contributed by atoms with Gasteiger partial charge in [0, 0.05) is 6.04 Å². The monoisotopic (exact) mass is 250 g/mol. The lowest BCUT2D eigenvalue weighted by atomic mass is 9.93. The van der Waals surface area contributed by atoms with Crippen molar-refractivity contribution in [3.05, 3.63) is 23.8 Å². The minimum Gasteiger partial charge on any atom is -0.508 e. The number of benzene rings is 1. The van der Waals surface area contributed by atoms with Gasteiger partial charge in [0.15, 0.2) is 0 Å². The van der Waals surface area contributed by atoms with Crippen molar-refractivity contribution in [2.24, 2.45) is 0 Å². The third kappa shape index (κ3) is 2.71. The van der Waals surface area contributed by atoms with Gasteiger partial charge in [0.2, 0.25) is 0 Å². The van der Waals surface area contributed by atoms with Crippen LogP contribution in [0.4, 0.5) is 10.5 Å². The number of carbonyl (C=O) groups excluding carboxylic acids is 1. The number of amides is 2. The number of anilines is 1. The summed E-state index contributed by atoms with van der Waals surface area (Å²) in [6.07, 6.45) is 3.01. The number of phenolic OH excluding ortho intramolecular Hbond substituents is 1. The lowest BCUT2D eigenvalue weighted by Crippen LogP contribution is -2.42. The highest BCUT2D eigenvalue weighted by Gasteiger charge is 2.20. The van der Waals surface area contributed by atoms with Crippen LogP contribution in [0.3, 0.4) is 0 Å². The molecule has 0 unspecified atom stereocenters. The molecule has 6 heteroatoms. The van der Waals surface area contributed by atoms with Crippen LogP contribution in [0.15, 0.2) is 18.2 Å². The van der Waals surface area contributed by atoms with Crippen LogP contribution >= 0.6 is 0 Å². The van der Waals surface area contributed by atoms with Crippen molar-refractivity contribution >= 4 is 17.7 Å². The van der Waals surface area contributed by atoms with Crippen molar-refractivity contribution in [1.29, 1.82) is 0 Å². The van der Waals surface area contributed by atoms with E-state index in [4.69, 9.17) is 5.11 Å². The second-order valence-electron chi connectivity index (χ2n) is 4.26. The molecule has 0 aliphatic heterocycles. The first-order chi connectivity index (χ1) is 8.56. The van der Waals surface area contributed by atoms with E-state index < -0.39 is 12.0 Å². The van der Waals surface area contributed by atoms with Crippen LogP contribution in [0.5, 0.6) is 5.75 Å². The Morgan fingerprint density at radius 1 is 1.28 bits per heavy atom. The van der Waals surface area contributed by atoms with Crippen LogP contribution in [0.25, 0.3) is 0 Å². The van der Waals surface area contributed by atoms with Crippen LogP contribution in [0.1, 0.15) is 29.6 Å². The van der Waals surface area contributed by atoms with Gasteiger partial charge in [-0.15, -0.1) is 0 Å². The average molecular weight is 250 g/mol. The zero-order valence-corrected chi connectivity index (χ0v) is 9.64. The van der Waals surface area contributed by atoms with Gasteiger partial charge in [-0.05, 0) is 37.5 Å². The van der Waals surface area contributed by atoms with Gasteiger partial charge in [0.25, 0.3) is 0 Å². The number of carboxylic acids is 1. The largest absolute Gasteiger partial charge is 0.508 e. The molecule has 0 bridgehead atoms. The molecule has 1 fully saturated rings. The molecular weight excluding hydrogens is 236 g/mol. The number of hydrogen-bond donors (Lipinski definition) is 4. The minimum atomic E-state index is -1.20. The summed E-state index contributed by atoms with van der Waals surface area (Å²) in [5.41, 5.74) is 0.0240. The summed E-state index contributed by atoms with van der Waals surface area (Å²) < 4.78 is 0. The van der Waals surface area contributed by atoms with Gasteiger partial charge in [-0.2, -0.15) is 0 Å². The first-order valence-electron chi connectivity index (χ1n) is 5.70. The molecule has 1 saturated carbocycles. The number of urea groups is 1. The highest BCUT2D eigenvalue weighted by molar-refractivity contribution is 6.00. The summed E-state index contributed by atoms with van der Waals surface area (Å²) in [4.78, 5) is 22.6. The topological polar surface area (TPSA) is 98.7 Å². The summed E-state index contributed by atoms with van der Waals surface area (Å²) in [5.74, 6) is -1.36. The van der Waals surface area contributed by atoms with E-state index in [2.05, 4.69) is 10.6 Å². The van der Waals surface area contributed by atoms with Crippen LogP contribution in [-0.4, -0.2) is 28.3 Å². The fourth-order valence-corrected chi connectivity index (χ4v) is 1.71. The maximum Gasteiger partial charge on any atom is 0.337 e. The minimum absolute atomic E-state index is 0.140. The first-order valence-corrected chi connectivity index (χ1v) is 5.70. The predicted molar refractivity (Wildman–Crippen MR) is 64.9 cm³/mol. The standard InChI is InChI=1S/C12H14N2O4/c15-8-4-5-10(9(6-8)11(16)17)14-12(18)13-7-2-1-3-7/h4-7,15H,1-3H2,(H,16,17)(H2,13,14,18). The second kappa shape index (κ2) is 4.95. The Kier molecular flexibility index (Phi) is 3.36. The van der Waals surface area contributed by atoms with Crippen LogP contribution < -0.4 is 10.6 Å². The zero-order chi connectivity index (χ0) is 13.1. The van der Waals surface area contributed by atoms with Crippen molar-refractivity contribution in [1.82, 2.24) is 5.32 Å². The molecule has 0 heterocycles. The molecule has 0 saturated heterocycles. The molecule has 1 aliphatic rings. The van der Waals surface area contributed by atoms with Gasteiger partial charge >= 0.3 is 12.0 Å². The molecule has 18 heavy (non-hydrogen) atoms. The van der Waals surface area contributed by atoms with Crippen molar-refractivity contribution < 1.29 is 19.8 Å². The van der Waals surface area contributed by atoms with Crippen LogP contribution in [-0.2, 0) is 0 Å². The molecule has 1 aromatic rings. The zero-order valence-electron chi connectivity index (χ0n) is 9.64. The number of aromatic hydroxyl groups is 1. The van der Waals surface area contributed by atoms with E-state index in [0.717, 1.165) is 25.3 Å². The van der Waals surface area contributed by atoms with E-state index in [0.29, 0.717) is 0 Å². The summed E-state index contributed by atoms with van der Waals surface area (Å²) in [6, 6.07) is 3.54. The molecule has 6 nitrogen and oxygen atoms in total. The Hall–Kier alpha value is -2.24. The maximum atomic E-state index is 11.6. The molecular formula is C12H14N2O4. The molecule has 4 N–H and O–H groups in total. The molecule has 0 radical (unpaired) electrons. The smallest absolute Gasteiger partial charge is 0.337 e. The molecule has 2 amide bonds. The van der Waals surface area contributed by atoms with Gasteiger partial charge in [-0.1, -0.05) is 0 Å². The molecule has 1 aromatic carbocycles. The molecule has 0 spiro atoms. The Bertz CT molecular complexity index is 483. The Labute approximate surface area is 104 Å². The Morgan fingerprint density at radius 3 is 2.56 bits per heavy atom. The fraction of sp³-hybridized carbons (Fsp3) is 0.333. The number of carboxylic acid groups (broad SMARTS) is 1. The van der Waals surface area contributed by atoms with Gasteiger partial charge in [-0.3, -0.25) is 0 Å². The lowest BCUT2D eigenvalue weighted by molar-refractivity contribution is 0.0697. The summed E-state index contributed by atoms with van der Waals surface area (Å²) in [5, 5.41) is 23.4. The highest BCUT2D eigenvalue weighted by atomic mass is 16.4. The normalized spacial score (nSPS) is 14.7. The Morgan fingerprint density at radius 2 is 2.00 bits per heavy atom. The number of aromatic carboxylic acids is 1. The van der Waals surface area contributed by atoms with E-state index in [1.165, 1.54) is 12.1 Å². The number of nitrogens with one attached hydrogen (secondary N) is 2. The summed E-state index contributed by atoms with van der Waals surface area (Å²) in [6.45, 7) is 0. The van der Waals surface area contributed by atoms with Crippen LogP contribution in [0, 0.1) is 0 Å². The second-order valence-corrected chi connectivity index (χ2v) is 4.26. The maximum absolute atomic E-state index is 11.6. The number of hydrogen-bond acceptors (Lipinski definition) is 3. The third-order valence-electron chi connectivity index (χ3n) is 2.92. The van der Waals surface area contributed by atoms with Crippen molar-refractivity contribution in [3.63, 3.8) is 0 Å². The summed E-state index contributed by atoms with van der Waals surface area (Å²) >= 11 is 0. The van der Waals surface area contributed by atoms with E-state index in [1.54, 1.807) is 0 Å². The van der Waals surface area contributed by atoms with Gasteiger partial charge in [0.1, 0.15) is 5.75 Å². The van der Waals surface area contributed by atoms with Gasteiger partial charge in [-0.25, -0.2) is 9.59 Å². The first kappa shape index (κ1) is 12.2. The molecule has 1 aliphatic carbocycles.